The number of hydrogen-bond donors (Lipinski definition) is 0. The summed E-state index contributed by atoms with van der Waals surface area (Å²) in [6.45, 7) is 0. The second kappa shape index (κ2) is 1.74. The molecule has 4 heteroatoms. The number of rotatable bonds is 0. The molecule has 1 aliphatic heterocycles. The first-order valence-corrected chi connectivity index (χ1v) is 4.35. The molecule has 0 aromatic carbocycles. The molecule has 8 heavy (non-hydrogen) atoms. The topological polar surface area (TPSA) is 34.1 Å². The lowest BCUT2D eigenvalue weighted by atomic mass is 10.6. The lowest BCUT2D eigenvalue weighted by Crippen LogP contribution is -2.00. The van der Waals surface area contributed by atoms with Gasteiger partial charge in [-0.2, -0.15) is 0 Å². The van der Waals surface area contributed by atoms with E-state index in [0.717, 1.165) is 0 Å². The number of sulfone groups is 1. The first-order chi connectivity index (χ1) is 3.60. The summed E-state index contributed by atoms with van der Waals surface area (Å²) in [4.78, 5) is 0. The minimum absolute atomic E-state index is 0.0363. The lowest BCUT2D eigenvalue weighted by molar-refractivity contribution is 0.603. The standard InChI is InChI=1S/C4H5ClO2S/c5-4-1-2-8(6,7)3-4/h1H,2-3H2. The molecular formula is C4H5ClO2S. The maximum Gasteiger partial charge on any atom is 0.158 e. The summed E-state index contributed by atoms with van der Waals surface area (Å²) in [5, 5.41) is 0.449. The highest BCUT2D eigenvalue weighted by Crippen LogP contribution is 2.13. The van der Waals surface area contributed by atoms with E-state index in [2.05, 4.69) is 0 Å². The first kappa shape index (κ1) is 6.11. The smallest absolute Gasteiger partial charge is 0.158 e. The predicted molar refractivity (Wildman–Crippen MR) is 32.6 cm³/mol. The van der Waals surface area contributed by atoms with Gasteiger partial charge < -0.3 is 0 Å². The summed E-state index contributed by atoms with van der Waals surface area (Å²) < 4.78 is 21.0. The summed E-state index contributed by atoms with van der Waals surface area (Å²) in [7, 11) is -2.82. The Hall–Kier alpha value is -0.0200. The van der Waals surface area contributed by atoms with Crippen LogP contribution in [-0.4, -0.2) is 19.9 Å². The molecule has 0 unspecified atom stereocenters. The summed E-state index contributed by atoms with van der Waals surface area (Å²) >= 11 is 5.38. The highest BCUT2D eigenvalue weighted by atomic mass is 35.5. The van der Waals surface area contributed by atoms with Crippen molar-refractivity contribution in [1.29, 1.82) is 0 Å². The third-order valence-corrected chi connectivity index (χ3v) is 2.79. The third-order valence-electron chi connectivity index (χ3n) is 0.917. The van der Waals surface area contributed by atoms with E-state index in [9.17, 15) is 8.42 Å². The fourth-order valence-corrected chi connectivity index (χ4v) is 2.32. The van der Waals surface area contributed by atoms with Gasteiger partial charge in [-0.05, 0) is 0 Å². The normalized spacial score (nSPS) is 25.4. The number of halogens is 1. The van der Waals surface area contributed by atoms with Crippen LogP contribution in [0.15, 0.2) is 11.1 Å². The molecule has 1 aliphatic rings. The molecule has 0 atom stereocenters. The molecule has 0 saturated carbocycles. The van der Waals surface area contributed by atoms with Gasteiger partial charge in [0.1, 0.15) is 0 Å². The minimum Gasteiger partial charge on any atom is -0.228 e. The molecule has 0 fully saturated rings. The molecule has 1 rings (SSSR count). The van der Waals surface area contributed by atoms with Crippen molar-refractivity contribution in [2.75, 3.05) is 11.5 Å². The zero-order valence-electron chi connectivity index (χ0n) is 4.09. The van der Waals surface area contributed by atoms with Crippen LogP contribution in [-0.2, 0) is 9.84 Å². The van der Waals surface area contributed by atoms with Gasteiger partial charge in [0.05, 0.1) is 11.5 Å². The molecular weight excluding hydrogens is 148 g/mol. The van der Waals surface area contributed by atoms with E-state index < -0.39 is 9.84 Å². The van der Waals surface area contributed by atoms with Crippen LogP contribution in [0.2, 0.25) is 0 Å². The average Bonchev–Trinajstić information content (AvgIpc) is 1.82. The third kappa shape index (κ3) is 1.23. The van der Waals surface area contributed by atoms with Crippen molar-refractivity contribution in [1.82, 2.24) is 0 Å². The maximum absolute atomic E-state index is 10.5. The summed E-state index contributed by atoms with van der Waals surface area (Å²) in [5.41, 5.74) is 0. The molecule has 0 N–H and O–H groups in total. The Labute approximate surface area is 53.1 Å². The molecule has 0 aliphatic carbocycles. The van der Waals surface area contributed by atoms with Crippen LogP contribution >= 0.6 is 11.6 Å². The molecule has 46 valence electrons. The number of hydrogen-bond acceptors (Lipinski definition) is 2. The van der Waals surface area contributed by atoms with Gasteiger partial charge in [0, 0.05) is 5.03 Å². The van der Waals surface area contributed by atoms with E-state index in [1.165, 1.54) is 6.08 Å². The quantitative estimate of drug-likeness (QED) is 0.508. The van der Waals surface area contributed by atoms with E-state index in [1.54, 1.807) is 0 Å². The highest BCUT2D eigenvalue weighted by Gasteiger charge is 2.17. The van der Waals surface area contributed by atoms with E-state index in [1.807, 2.05) is 0 Å². The monoisotopic (exact) mass is 152 g/mol. The minimum atomic E-state index is -2.82. The predicted octanol–water partition coefficient (Wildman–Crippen LogP) is 0.538. The average molecular weight is 153 g/mol. The molecule has 2 nitrogen and oxygen atoms in total. The largest absolute Gasteiger partial charge is 0.228 e. The Morgan fingerprint density at radius 3 is 2.38 bits per heavy atom. The van der Waals surface area contributed by atoms with Gasteiger partial charge in [-0.3, -0.25) is 0 Å². The van der Waals surface area contributed by atoms with Crippen LogP contribution in [0.1, 0.15) is 0 Å². The van der Waals surface area contributed by atoms with Crippen molar-refractivity contribution in [3.63, 3.8) is 0 Å². The van der Waals surface area contributed by atoms with Gasteiger partial charge in [0.2, 0.25) is 0 Å². The molecule has 0 aromatic rings. The van der Waals surface area contributed by atoms with Crippen molar-refractivity contribution in [3.8, 4) is 0 Å². The van der Waals surface area contributed by atoms with E-state index in [0.29, 0.717) is 5.03 Å². The highest BCUT2D eigenvalue weighted by molar-refractivity contribution is 7.92. The Morgan fingerprint density at radius 2 is 2.25 bits per heavy atom. The van der Waals surface area contributed by atoms with Gasteiger partial charge in [-0.1, -0.05) is 17.7 Å². The maximum atomic E-state index is 10.5. The summed E-state index contributed by atoms with van der Waals surface area (Å²) in [6, 6.07) is 0. The van der Waals surface area contributed by atoms with Gasteiger partial charge in [0.15, 0.2) is 9.84 Å². The molecule has 0 radical (unpaired) electrons. The summed E-state index contributed by atoms with van der Waals surface area (Å²) in [5.74, 6) is 0.153. The Kier molecular flexibility index (Phi) is 1.33. The molecule has 0 saturated heterocycles. The van der Waals surface area contributed by atoms with Gasteiger partial charge in [-0.15, -0.1) is 0 Å². The molecule has 0 spiro atoms. The van der Waals surface area contributed by atoms with Gasteiger partial charge >= 0.3 is 0 Å². The van der Waals surface area contributed by atoms with Crippen LogP contribution in [0, 0.1) is 0 Å². The second-order valence-electron chi connectivity index (χ2n) is 1.71. The van der Waals surface area contributed by atoms with E-state index in [4.69, 9.17) is 11.6 Å². The first-order valence-electron chi connectivity index (χ1n) is 2.15. The van der Waals surface area contributed by atoms with Gasteiger partial charge in [-0.25, -0.2) is 8.42 Å². The Bertz CT molecular complexity index is 214. The van der Waals surface area contributed by atoms with Crippen molar-refractivity contribution >= 4 is 21.4 Å². The van der Waals surface area contributed by atoms with E-state index in [-0.39, 0.29) is 11.5 Å². The van der Waals surface area contributed by atoms with Crippen LogP contribution in [0.3, 0.4) is 0 Å². The van der Waals surface area contributed by atoms with Crippen molar-refractivity contribution < 1.29 is 8.42 Å². The Morgan fingerprint density at radius 1 is 1.62 bits per heavy atom. The zero-order chi connectivity index (χ0) is 6.20. The second-order valence-corrected chi connectivity index (χ2v) is 4.30. The summed E-state index contributed by atoms with van der Waals surface area (Å²) in [6.07, 6.45) is 1.52. The SMILES string of the molecule is O=S1(=O)CC=C(Cl)C1. The van der Waals surface area contributed by atoms with Gasteiger partial charge in [0.25, 0.3) is 0 Å². The molecule has 0 bridgehead atoms. The van der Waals surface area contributed by atoms with Crippen LogP contribution in [0.5, 0.6) is 0 Å². The van der Waals surface area contributed by atoms with Crippen molar-refractivity contribution in [3.05, 3.63) is 11.1 Å². The molecule has 1 heterocycles. The van der Waals surface area contributed by atoms with Crippen LogP contribution in [0.25, 0.3) is 0 Å². The fraction of sp³-hybridized carbons (Fsp3) is 0.500. The van der Waals surface area contributed by atoms with Crippen molar-refractivity contribution in [2.45, 2.75) is 0 Å². The zero-order valence-corrected chi connectivity index (χ0v) is 5.67. The van der Waals surface area contributed by atoms with E-state index >= 15 is 0 Å². The van der Waals surface area contributed by atoms with Crippen LogP contribution in [0.4, 0.5) is 0 Å². The van der Waals surface area contributed by atoms with Crippen LogP contribution < -0.4 is 0 Å². The molecule has 0 aromatic heterocycles. The lowest BCUT2D eigenvalue weighted by Gasteiger charge is -1.84. The molecule has 0 amide bonds. The van der Waals surface area contributed by atoms with Crippen molar-refractivity contribution in [2.24, 2.45) is 0 Å². The Balaban J connectivity index is 2.85. The fourth-order valence-electron chi connectivity index (χ4n) is 0.545.